The van der Waals surface area contributed by atoms with Crippen LogP contribution >= 0.6 is 23.2 Å². The fraction of sp³-hybridized carbons (Fsp3) is 0.300. The Labute approximate surface area is 98.7 Å². The third-order valence-electron chi connectivity index (χ3n) is 1.90. The van der Waals surface area contributed by atoms with Crippen molar-refractivity contribution in [2.75, 3.05) is 6.54 Å². The molecule has 0 atom stereocenters. The summed E-state index contributed by atoms with van der Waals surface area (Å²) in [5, 5.41) is 3.44. The fourth-order valence-corrected chi connectivity index (χ4v) is 1.46. The van der Waals surface area contributed by atoms with Crippen molar-refractivity contribution >= 4 is 29.1 Å². The molecular weight excluding hydrogens is 235 g/mol. The number of halogens is 2. The van der Waals surface area contributed by atoms with Crippen LogP contribution in [0.2, 0.25) is 10.2 Å². The summed E-state index contributed by atoms with van der Waals surface area (Å²) in [6.45, 7) is 5.97. The smallest absolute Gasteiger partial charge is 0.268 e. The first-order valence-corrected chi connectivity index (χ1v) is 5.12. The van der Waals surface area contributed by atoms with E-state index < -0.39 is 0 Å². The van der Waals surface area contributed by atoms with E-state index in [1.807, 2.05) is 6.92 Å². The van der Waals surface area contributed by atoms with Gasteiger partial charge in [-0.3, -0.25) is 4.79 Å². The molecule has 0 aliphatic heterocycles. The van der Waals surface area contributed by atoms with E-state index in [9.17, 15) is 4.79 Å². The molecule has 82 valence electrons. The molecule has 0 spiro atoms. The molecule has 0 fully saturated rings. The Kier molecular flexibility index (Phi) is 3.83. The van der Waals surface area contributed by atoms with Crippen LogP contribution in [-0.2, 0) is 7.05 Å². The van der Waals surface area contributed by atoms with Crippen LogP contribution < -0.4 is 5.32 Å². The molecule has 15 heavy (non-hydrogen) atoms. The molecule has 1 aromatic heterocycles. The molecule has 0 saturated heterocycles. The SMILES string of the molecule is C=C(C)CNC(=O)c1cc(Cl)c(Cl)n1C. The van der Waals surface area contributed by atoms with Gasteiger partial charge in [0.2, 0.25) is 0 Å². The Hall–Kier alpha value is -0.930. The van der Waals surface area contributed by atoms with Crippen LogP contribution in [0.5, 0.6) is 0 Å². The highest BCUT2D eigenvalue weighted by atomic mass is 35.5. The predicted molar refractivity (Wildman–Crippen MR) is 62.6 cm³/mol. The monoisotopic (exact) mass is 246 g/mol. The van der Waals surface area contributed by atoms with Crippen LogP contribution in [0.25, 0.3) is 0 Å². The lowest BCUT2D eigenvalue weighted by molar-refractivity contribution is 0.0949. The van der Waals surface area contributed by atoms with Crippen LogP contribution in [-0.4, -0.2) is 17.0 Å². The van der Waals surface area contributed by atoms with E-state index in [2.05, 4.69) is 11.9 Å². The van der Waals surface area contributed by atoms with Gasteiger partial charge >= 0.3 is 0 Å². The zero-order valence-electron chi connectivity index (χ0n) is 8.60. The zero-order valence-corrected chi connectivity index (χ0v) is 10.1. The molecule has 0 unspecified atom stereocenters. The van der Waals surface area contributed by atoms with Crippen molar-refractivity contribution < 1.29 is 4.79 Å². The second-order valence-electron chi connectivity index (χ2n) is 3.37. The first kappa shape index (κ1) is 12.1. The number of hydrogen-bond acceptors (Lipinski definition) is 1. The van der Waals surface area contributed by atoms with Gasteiger partial charge in [0.25, 0.3) is 5.91 Å². The van der Waals surface area contributed by atoms with E-state index in [4.69, 9.17) is 23.2 Å². The van der Waals surface area contributed by atoms with Crippen molar-refractivity contribution in [1.82, 2.24) is 9.88 Å². The number of nitrogens with one attached hydrogen (secondary N) is 1. The minimum absolute atomic E-state index is 0.214. The molecule has 1 aromatic rings. The van der Waals surface area contributed by atoms with Crippen molar-refractivity contribution in [2.24, 2.45) is 7.05 Å². The lowest BCUT2D eigenvalue weighted by Crippen LogP contribution is -2.26. The van der Waals surface area contributed by atoms with Gasteiger partial charge in [-0.05, 0) is 13.0 Å². The van der Waals surface area contributed by atoms with Gasteiger partial charge in [-0.15, -0.1) is 0 Å². The molecule has 0 aliphatic carbocycles. The molecule has 0 saturated carbocycles. The average Bonchev–Trinajstić information content (AvgIpc) is 2.42. The molecule has 0 bridgehead atoms. The topological polar surface area (TPSA) is 34.0 Å². The third kappa shape index (κ3) is 2.76. The standard InChI is InChI=1S/C10H12Cl2N2O/c1-6(2)5-13-10(15)8-4-7(11)9(12)14(8)3/h4H,1,5H2,2-3H3,(H,13,15). The molecule has 3 nitrogen and oxygen atoms in total. The number of carbonyl (C=O) groups excluding carboxylic acids is 1. The zero-order chi connectivity index (χ0) is 11.6. The highest BCUT2D eigenvalue weighted by Gasteiger charge is 2.14. The van der Waals surface area contributed by atoms with Crippen LogP contribution in [0, 0.1) is 0 Å². The van der Waals surface area contributed by atoms with Gasteiger partial charge < -0.3 is 9.88 Å². The number of amides is 1. The first-order chi connectivity index (χ1) is 6.93. The lowest BCUT2D eigenvalue weighted by Gasteiger charge is -2.05. The molecule has 0 aliphatic rings. The Balaban J connectivity index is 2.83. The number of hydrogen-bond donors (Lipinski definition) is 1. The van der Waals surface area contributed by atoms with E-state index in [1.165, 1.54) is 10.6 Å². The summed E-state index contributed by atoms with van der Waals surface area (Å²) in [4.78, 5) is 11.6. The van der Waals surface area contributed by atoms with Gasteiger partial charge in [0.05, 0.1) is 5.02 Å². The van der Waals surface area contributed by atoms with Crippen LogP contribution in [0.15, 0.2) is 18.2 Å². The Morgan fingerprint density at radius 1 is 1.60 bits per heavy atom. The summed E-state index contributed by atoms with van der Waals surface area (Å²) < 4.78 is 1.54. The van der Waals surface area contributed by atoms with Crippen molar-refractivity contribution in [3.63, 3.8) is 0 Å². The summed E-state index contributed by atoms with van der Waals surface area (Å²) in [5.41, 5.74) is 1.32. The summed E-state index contributed by atoms with van der Waals surface area (Å²) >= 11 is 11.6. The second-order valence-corrected chi connectivity index (χ2v) is 4.13. The van der Waals surface area contributed by atoms with Crippen LogP contribution in [0.1, 0.15) is 17.4 Å². The van der Waals surface area contributed by atoms with E-state index in [1.54, 1.807) is 7.05 Å². The molecule has 0 aromatic carbocycles. The normalized spacial score (nSPS) is 10.1. The van der Waals surface area contributed by atoms with Crippen molar-refractivity contribution in [3.05, 3.63) is 34.1 Å². The highest BCUT2D eigenvalue weighted by Crippen LogP contribution is 2.24. The van der Waals surface area contributed by atoms with E-state index in [0.29, 0.717) is 22.4 Å². The van der Waals surface area contributed by atoms with Crippen molar-refractivity contribution in [2.45, 2.75) is 6.92 Å². The van der Waals surface area contributed by atoms with Gasteiger partial charge in [0.15, 0.2) is 0 Å². The summed E-state index contributed by atoms with van der Waals surface area (Å²) in [7, 11) is 1.68. The molecular formula is C10H12Cl2N2O. The van der Waals surface area contributed by atoms with Crippen molar-refractivity contribution in [1.29, 1.82) is 0 Å². The minimum Gasteiger partial charge on any atom is -0.347 e. The Morgan fingerprint density at radius 2 is 2.20 bits per heavy atom. The third-order valence-corrected chi connectivity index (χ3v) is 2.74. The summed E-state index contributed by atoms with van der Waals surface area (Å²) in [6, 6.07) is 1.54. The molecule has 1 rings (SSSR count). The van der Waals surface area contributed by atoms with Crippen LogP contribution in [0.4, 0.5) is 0 Å². The van der Waals surface area contributed by atoms with E-state index >= 15 is 0 Å². The molecule has 1 amide bonds. The first-order valence-electron chi connectivity index (χ1n) is 4.36. The highest BCUT2D eigenvalue weighted by molar-refractivity contribution is 6.41. The number of aromatic nitrogens is 1. The fourth-order valence-electron chi connectivity index (χ4n) is 1.08. The molecule has 5 heteroatoms. The van der Waals surface area contributed by atoms with E-state index in [0.717, 1.165) is 5.57 Å². The maximum absolute atomic E-state index is 11.6. The van der Waals surface area contributed by atoms with E-state index in [-0.39, 0.29) is 5.91 Å². The summed E-state index contributed by atoms with van der Waals surface area (Å²) in [6.07, 6.45) is 0. The quantitative estimate of drug-likeness (QED) is 0.818. The minimum atomic E-state index is -0.214. The van der Waals surface area contributed by atoms with Gasteiger partial charge in [-0.1, -0.05) is 35.4 Å². The number of carbonyl (C=O) groups is 1. The molecule has 1 heterocycles. The molecule has 1 N–H and O–H groups in total. The second kappa shape index (κ2) is 4.73. The Bertz CT molecular complexity index is 410. The van der Waals surface area contributed by atoms with Gasteiger partial charge in [0, 0.05) is 13.6 Å². The van der Waals surface area contributed by atoms with Crippen molar-refractivity contribution in [3.8, 4) is 0 Å². The van der Waals surface area contributed by atoms with Gasteiger partial charge in [-0.25, -0.2) is 0 Å². The molecule has 0 radical (unpaired) electrons. The number of nitrogens with zero attached hydrogens (tertiary/aromatic N) is 1. The van der Waals surface area contributed by atoms with Gasteiger partial charge in [0.1, 0.15) is 10.8 Å². The van der Waals surface area contributed by atoms with Gasteiger partial charge in [-0.2, -0.15) is 0 Å². The summed E-state index contributed by atoms with van der Waals surface area (Å²) in [5.74, 6) is -0.214. The average molecular weight is 247 g/mol. The maximum atomic E-state index is 11.6. The maximum Gasteiger partial charge on any atom is 0.268 e. The largest absolute Gasteiger partial charge is 0.347 e. The lowest BCUT2D eigenvalue weighted by atomic mass is 10.3. The number of rotatable bonds is 3. The predicted octanol–water partition coefficient (Wildman–Crippen LogP) is 2.64. The Morgan fingerprint density at radius 3 is 2.60 bits per heavy atom. The van der Waals surface area contributed by atoms with Crippen LogP contribution in [0.3, 0.4) is 0 Å².